The molecule has 0 aromatic heterocycles. The predicted molar refractivity (Wildman–Crippen MR) is 103 cm³/mol. The van der Waals surface area contributed by atoms with E-state index in [1.165, 1.54) is 12.8 Å². The molecule has 1 aromatic carbocycles. The van der Waals surface area contributed by atoms with Gasteiger partial charge in [0.05, 0.1) is 19.8 Å². The quantitative estimate of drug-likeness (QED) is 0.402. The van der Waals surface area contributed by atoms with Gasteiger partial charge >= 0.3 is 0 Å². The van der Waals surface area contributed by atoms with E-state index in [4.69, 9.17) is 14.2 Å². The van der Waals surface area contributed by atoms with Gasteiger partial charge in [0.15, 0.2) is 17.5 Å². The molecular weight excluding hydrogens is 330 g/mol. The Morgan fingerprint density at radius 3 is 2.85 bits per heavy atom. The van der Waals surface area contributed by atoms with E-state index in [1.807, 2.05) is 18.2 Å². The second-order valence-electron chi connectivity index (χ2n) is 6.83. The Hall–Kier alpha value is -1.95. The molecule has 6 heteroatoms. The lowest BCUT2D eigenvalue weighted by Gasteiger charge is -2.12. The molecular formula is C20H31N3O3. The molecule has 1 fully saturated rings. The largest absolute Gasteiger partial charge is 0.490 e. The van der Waals surface area contributed by atoms with Crippen molar-refractivity contribution in [1.29, 1.82) is 0 Å². The van der Waals surface area contributed by atoms with Crippen molar-refractivity contribution in [2.45, 2.75) is 39.2 Å². The third-order valence-corrected chi connectivity index (χ3v) is 4.38. The van der Waals surface area contributed by atoms with Crippen molar-refractivity contribution in [3.05, 3.63) is 23.8 Å². The van der Waals surface area contributed by atoms with E-state index in [0.717, 1.165) is 68.1 Å². The van der Waals surface area contributed by atoms with E-state index in [9.17, 15) is 0 Å². The van der Waals surface area contributed by atoms with Gasteiger partial charge in [0.1, 0.15) is 0 Å². The van der Waals surface area contributed by atoms with Crippen molar-refractivity contribution in [1.82, 2.24) is 10.6 Å². The maximum absolute atomic E-state index is 5.75. The fourth-order valence-electron chi connectivity index (χ4n) is 2.73. The number of aliphatic imine (C=N–C) groups is 1. The van der Waals surface area contributed by atoms with E-state index in [0.29, 0.717) is 19.8 Å². The van der Waals surface area contributed by atoms with Gasteiger partial charge in [-0.2, -0.15) is 0 Å². The van der Waals surface area contributed by atoms with Crippen LogP contribution in [0.5, 0.6) is 11.5 Å². The van der Waals surface area contributed by atoms with Crippen molar-refractivity contribution in [2.24, 2.45) is 10.9 Å². The number of ether oxygens (including phenoxy) is 3. The maximum Gasteiger partial charge on any atom is 0.191 e. The fraction of sp³-hybridized carbons (Fsp3) is 0.650. The molecule has 0 spiro atoms. The van der Waals surface area contributed by atoms with Crippen LogP contribution in [0.2, 0.25) is 0 Å². The molecule has 0 saturated heterocycles. The minimum absolute atomic E-state index is 0.601. The first-order valence-corrected chi connectivity index (χ1v) is 9.83. The Kier molecular flexibility index (Phi) is 7.43. The average Bonchev–Trinajstić information content (AvgIpc) is 3.48. The molecule has 1 heterocycles. The highest BCUT2D eigenvalue weighted by atomic mass is 16.5. The summed E-state index contributed by atoms with van der Waals surface area (Å²) in [5.74, 6) is 3.31. The Bertz CT molecular complexity index is 588. The highest BCUT2D eigenvalue weighted by molar-refractivity contribution is 5.79. The van der Waals surface area contributed by atoms with Crippen LogP contribution in [0.25, 0.3) is 0 Å². The highest BCUT2D eigenvalue weighted by Gasteiger charge is 2.20. The zero-order valence-corrected chi connectivity index (χ0v) is 15.8. The SMILES string of the molecule is CCNC(=NCc1ccc2c(c1)OCCCO2)NCCCOCC1CC1. The van der Waals surface area contributed by atoms with Gasteiger partial charge < -0.3 is 24.8 Å². The lowest BCUT2D eigenvalue weighted by Crippen LogP contribution is -2.38. The Morgan fingerprint density at radius 2 is 2.04 bits per heavy atom. The first kappa shape index (κ1) is 18.8. The van der Waals surface area contributed by atoms with E-state index in [1.54, 1.807) is 0 Å². The fourth-order valence-corrected chi connectivity index (χ4v) is 2.73. The highest BCUT2D eigenvalue weighted by Crippen LogP contribution is 2.30. The van der Waals surface area contributed by atoms with Crippen molar-refractivity contribution in [2.75, 3.05) is 39.5 Å². The Morgan fingerprint density at radius 1 is 1.19 bits per heavy atom. The molecule has 0 unspecified atom stereocenters. The van der Waals surface area contributed by atoms with Gasteiger partial charge in [-0.1, -0.05) is 6.07 Å². The minimum Gasteiger partial charge on any atom is -0.490 e. The number of hydrogen-bond acceptors (Lipinski definition) is 4. The second-order valence-corrected chi connectivity index (χ2v) is 6.83. The summed E-state index contributed by atoms with van der Waals surface area (Å²) in [6.45, 7) is 7.52. The van der Waals surface area contributed by atoms with Gasteiger partial charge in [0.2, 0.25) is 0 Å². The maximum atomic E-state index is 5.75. The molecule has 0 amide bonds. The summed E-state index contributed by atoms with van der Waals surface area (Å²) in [5.41, 5.74) is 1.11. The van der Waals surface area contributed by atoms with Crippen LogP contribution < -0.4 is 20.1 Å². The minimum atomic E-state index is 0.601. The Labute approximate surface area is 156 Å². The number of nitrogens with zero attached hydrogens (tertiary/aromatic N) is 1. The third kappa shape index (κ3) is 6.41. The van der Waals surface area contributed by atoms with Crippen LogP contribution in [0.4, 0.5) is 0 Å². The van der Waals surface area contributed by atoms with E-state index < -0.39 is 0 Å². The second kappa shape index (κ2) is 10.3. The molecule has 144 valence electrons. The summed E-state index contributed by atoms with van der Waals surface area (Å²) in [7, 11) is 0. The van der Waals surface area contributed by atoms with Crippen molar-refractivity contribution < 1.29 is 14.2 Å². The molecule has 2 N–H and O–H groups in total. The first-order valence-electron chi connectivity index (χ1n) is 9.83. The molecule has 1 aliphatic heterocycles. The van der Waals surface area contributed by atoms with Gasteiger partial charge in [-0.05, 0) is 49.8 Å². The van der Waals surface area contributed by atoms with Crippen molar-refractivity contribution in [3.8, 4) is 11.5 Å². The summed E-state index contributed by atoms with van der Waals surface area (Å²) >= 11 is 0. The molecule has 1 aromatic rings. The van der Waals surface area contributed by atoms with Crippen molar-refractivity contribution in [3.63, 3.8) is 0 Å². The van der Waals surface area contributed by atoms with Crippen LogP contribution >= 0.6 is 0 Å². The summed E-state index contributed by atoms with van der Waals surface area (Å²) in [4.78, 5) is 4.67. The molecule has 26 heavy (non-hydrogen) atoms. The Balaban J connectivity index is 1.44. The van der Waals surface area contributed by atoms with Gasteiger partial charge in [-0.15, -0.1) is 0 Å². The van der Waals surface area contributed by atoms with Gasteiger partial charge in [0, 0.05) is 32.7 Å². The summed E-state index contributed by atoms with van der Waals surface area (Å²) in [6, 6.07) is 6.05. The lowest BCUT2D eigenvalue weighted by atomic mass is 10.2. The predicted octanol–water partition coefficient (Wildman–Crippen LogP) is 2.72. The van der Waals surface area contributed by atoms with Gasteiger partial charge in [-0.3, -0.25) is 0 Å². The molecule has 0 bridgehead atoms. The van der Waals surface area contributed by atoms with Crippen LogP contribution in [0, 0.1) is 5.92 Å². The standard InChI is InChI=1S/C20H31N3O3/c1-2-21-20(22-9-3-10-24-15-16-5-6-16)23-14-17-7-8-18-19(13-17)26-12-4-11-25-18/h7-8,13,16H,2-6,9-12,14-15H2,1H3,(H2,21,22,23). The third-order valence-electron chi connectivity index (χ3n) is 4.38. The van der Waals surface area contributed by atoms with E-state index in [2.05, 4.69) is 22.5 Å². The molecule has 6 nitrogen and oxygen atoms in total. The van der Waals surface area contributed by atoms with Crippen LogP contribution in [-0.4, -0.2) is 45.5 Å². The topological polar surface area (TPSA) is 64.1 Å². The first-order chi connectivity index (χ1) is 12.8. The molecule has 3 rings (SSSR count). The monoisotopic (exact) mass is 361 g/mol. The number of nitrogens with one attached hydrogen (secondary N) is 2. The zero-order valence-electron chi connectivity index (χ0n) is 15.8. The zero-order chi connectivity index (χ0) is 18.0. The lowest BCUT2D eigenvalue weighted by molar-refractivity contribution is 0.123. The van der Waals surface area contributed by atoms with Gasteiger partial charge in [0.25, 0.3) is 0 Å². The number of guanidine groups is 1. The van der Waals surface area contributed by atoms with Crippen LogP contribution in [0.3, 0.4) is 0 Å². The number of fused-ring (bicyclic) bond motifs is 1. The summed E-state index contributed by atoms with van der Waals surface area (Å²) in [6.07, 6.45) is 4.59. The van der Waals surface area contributed by atoms with Crippen LogP contribution in [0.1, 0.15) is 38.2 Å². The van der Waals surface area contributed by atoms with E-state index in [-0.39, 0.29) is 0 Å². The molecule has 2 aliphatic rings. The smallest absolute Gasteiger partial charge is 0.191 e. The molecule has 0 radical (unpaired) electrons. The number of benzene rings is 1. The normalized spacial score (nSPS) is 16.9. The van der Waals surface area contributed by atoms with Crippen LogP contribution in [0.15, 0.2) is 23.2 Å². The average molecular weight is 361 g/mol. The summed E-state index contributed by atoms with van der Waals surface area (Å²) in [5, 5.41) is 6.66. The van der Waals surface area contributed by atoms with Crippen LogP contribution in [-0.2, 0) is 11.3 Å². The van der Waals surface area contributed by atoms with Crippen molar-refractivity contribution >= 4 is 5.96 Å². The molecule has 1 saturated carbocycles. The molecule has 0 atom stereocenters. The number of hydrogen-bond donors (Lipinski definition) is 2. The number of rotatable bonds is 9. The van der Waals surface area contributed by atoms with E-state index >= 15 is 0 Å². The molecule has 1 aliphatic carbocycles. The van der Waals surface area contributed by atoms with Gasteiger partial charge in [-0.25, -0.2) is 4.99 Å². The summed E-state index contributed by atoms with van der Waals surface area (Å²) < 4.78 is 17.1.